The first-order valence-corrected chi connectivity index (χ1v) is 10.1. The molecule has 0 atom stereocenters. The van der Waals surface area contributed by atoms with Gasteiger partial charge in [-0.1, -0.05) is 30.7 Å². The van der Waals surface area contributed by atoms with E-state index in [1.54, 1.807) is 24.3 Å². The summed E-state index contributed by atoms with van der Waals surface area (Å²) in [5, 5.41) is 7.90. The monoisotopic (exact) mass is 437 g/mol. The Bertz CT molecular complexity index is 1260. The molecule has 158 valence electrons. The van der Waals surface area contributed by atoms with Crippen LogP contribution in [0.5, 0.6) is 0 Å². The lowest BCUT2D eigenvalue weighted by Crippen LogP contribution is -2.31. The highest BCUT2D eigenvalue weighted by atomic mass is 35.5. The maximum atomic E-state index is 13.3. The lowest BCUT2D eigenvalue weighted by Gasteiger charge is -2.16. The van der Waals surface area contributed by atoms with Crippen LogP contribution in [-0.4, -0.2) is 35.1 Å². The van der Waals surface area contributed by atoms with Crippen molar-refractivity contribution in [2.24, 2.45) is 0 Å². The third kappa shape index (κ3) is 3.92. The third-order valence-electron chi connectivity index (χ3n) is 4.95. The van der Waals surface area contributed by atoms with Gasteiger partial charge in [-0.2, -0.15) is 5.10 Å². The summed E-state index contributed by atoms with van der Waals surface area (Å²) in [5.41, 5.74) is 3.77. The summed E-state index contributed by atoms with van der Waals surface area (Å²) in [6.45, 7) is 1.76. The molecule has 0 fully saturated rings. The Labute approximate surface area is 183 Å². The molecule has 4 aromatic rings. The number of esters is 1. The number of furan rings is 1. The zero-order valence-electron chi connectivity index (χ0n) is 17.0. The molecule has 3 heterocycles. The molecule has 4 rings (SSSR count). The van der Waals surface area contributed by atoms with Crippen LogP contribution >= 0.6 is 11.6 Å². The normalized spacial score (nSPS) is 10.9. The van der Waals surface area contributed by atoms with E-state index in [2.05, 4.69) is 10.1 Å². The highest BCUT2D eigenvalue weighted by Gasteiger charge is 2.26. The Hall–Kier alpha value is -3.58. The van der Waals surface area contributed by atoms with E-state index < -0.39 is 11.9 Å². The summed E-state index contributed by atoms with van der Waals surface area (Å²) < 4.78 is 12.1. The van der Waals surface area contributed by atoms with Crippen molar-refractivity contribution >= 4 is 29.0 Å². The van der Waals surface area contributed by atoms with Gasteiger partial charge in [0.25, 0.3) is 5.91 Å². The first kappa shape index (κ1) is 20.7. The van der Waals surface area contributed by atoms with Crippen LogP contribution in [0.25, 0.3) is 28.1 Å². The number of aromatic nitrogens is 2. The Kier molecular flexibility index (Phi) is 5.77. The lowest BCUT2D eigenvalue weighted by atomic mass is 9.97. The van der Waals surface area contributed by atoms with Gasteiger partial charge in [0.15, 0.2) is 5.76 Å². The van der Waals surface area contributed by atoms with Crippen LogP contribution in [0.15, 0.2) is 59.2 Å². The van der Waals surface area contributed by atoms with Gasteiger partial charge >= 0.3 is 5.97 Å². The van der Waals surface area contributed by atoms with E-state index in [-0.39, 0.29) is 12.1 Å². The van der Waals surface area contributed by atoms with Gasteiger partial charge in [0, 0.05) is 16.3 Å². The minimum atomic E-state index is -0.554. The molecule has 0 unspecified atom stereocenters. The van der Waals surface area contributed by atoms with Crippen molar-refractivity contribution < 1.29 is 18.7 Å². The molecule has 1 aromatic carbocycles. The van der Waals surface area contributed by atoms with Crippen molar-refractivity contribution in [3.63, 3.8) is 0 Å². The maximum absolute atomic E-state index is 13.3. The van der Waals surface area contributed by atoms with E-state index >= 15 is 0 Å². The van der Waals surface area contributed by atoms with Gasteiger partial charge < -0.3 is 14.5 Å². The lowest BCUT2D eigenvalue weighted by molar-refractivity contribution is -0.139. The topological polar surface area (TPSA) is 85.8 Å². The van der Waals surface area contributed by atoms with Crippen molar-refractivity contribution in [1.82, 2.24) is 14.9 Å². The summed E-state index contributed by atoms with van der Waals surface area (Å²) in [6.07, 6.45) is 2.27. The molecule has 0 radical (unpaired) electrons. The van der Waals surface area contributed by atoms with Crippen LogP contribution in [0.4, 0.5) is 0 Å². The van der Waals surface area contributed by atoms with E-state index in [1.165, 1.54) is 13.4 Å². The van der Waals surface area contributed by atoms with Crippen LogP contribution in [-0.2, 0) is 16.0 Å². The average Bonchev–Trinajstić information content (AvgIpc) is 3.45. The van der Waals surface area contributed by atoms with Crippen molar-refractivity contribution in [3.05, 3.63) is 71.1 Å². The molecule has 0 saturated carbocycles. The van der Waals surface area contributed by atoms with Gasteiger partial charge in [-0.3, -0.25) is 9.59 Å². The predicted octanol–water partition coefficient (Wildman–Crippen LogP) is 4.38. The molecule has 1 N–H and O–H groups in total. The van der Waals surface area contributed by atoms with Crippen molar-refractivity contribution in [2.75, 3.05) is 13.7 Å². The van der Waals surface area contributed by atoms with Gasteiger partial charge in [-0.05, 0) is 48.4 Å². The number of ether oxygens (including phenoxy) is 1. The van der Waals surface area contributed by atoms with Crippen LogP contribution in [0.3, 0.4) is 0 Å². The zero-order chi connectivity index (χ0) is 22.0. The summed E-state index contributed by atoms with van der Waals surface area (Å²) in [5.74, 6) is -0.590. The number of carbonyl (C=O) groups excluding carboxylic acids is 2. The van der Waals surface area contributed by atoms with Gasteiger partial charge in [0.05, 0.1) is 24.5 Å². The molecule has 7 nitrogen and oxygen atoms in total. The fraction of sp³-hybridized carbons (Fsp3) is 0.174. The van der Waals surface area contributed by atoms with Crippen LogP contribution in [0.1, 0.15) is 23.0 Å². The number of halogens is 1. The van der Waals surface area contributed by atoms with Crippen molar-refractivity contribution in [2.45, 2.75) is 13.3 Å². The Balaban J connectivity index is 2.04. The largest absolute Gasteiger partial charge is 0.468 e. The number of methoxy groups -OCH3 is 1. The second kappa shape index (κ2) is 8.65. The number of nitrogens with zero attached hydrogens (tertiary/aromatic N) is 2. The van der Waals surface area contributed by atoms with Gasteiger partial charge in [0.1, 0.15) is 12.2 Å². The molecule has 0 aliphatic heterocycles. The number of hydrogen-bond donors (Lipinski definition) is 1. The minimum Gasteiger partial charge on any atom is -0.468 e. The van der Waals surface area contributed by atoms with Gasteiger partial charge in [-0.25, -0.2) is 4.52 Å². The number of benzene rings is 1. The highest BCUT2D eigenvalue weighted by Crippen LogP contribution is 2.36. The SMILES string of the molecule is CCc1ccc2c(-c3cccc(Cl)c3)c(C(=O)NCC(=O)OC)c(-c3ccco3)nn12. The molecule has 0 saturated heterocycles. The standard InChI is InChI=1S/C23H20ClN3O4/c1-3-16-9-10-17-20(14-6-4-7-15(24)12-14)21(23(29)25-13-19(28)30-2)22(26-27(16)17)18-8-5-11-31-18/h4-12H,3,13H2,1-2H3,(H,25,29). The molecule has 0 spiro atoms. The number of aryl methyl sites for hydroxylation is 1. The Morgan fingerprint density at radius 3 is 2.71 bits per heavy atom. The quantitative estimate of drug-likeness (QED) is 0.452. The molecule has 3 aromatic heterocycles. The van der Waals surface area contributed by atoms with Crippen LogP contribution in [0, 0.1) is 0 Å². The smallest absolute Gasteiger partial charge is 0.325 e. The average molecular weight is 438 g/mol. The number of rotatable bonds is 6. The summed E-state index contributed by atoms with van der Waals surface area (Å²) in [4.78, 5) is 25.0. The molecule has 1 amide bonds. The van der Waals surface area contributed by atoms with E-state index in [0.717, 1.165) is 23.2 Å². The minimum absolute atomic E-state index is 0.270. The summed E-state index contributed by atoms with van der Waals surface area (Å²) in [7, 11) is 1.26. The Morgan fingerprint density at radius 2 is 2.03 bits per heavy atom. The first-order chi connectivity index (χ1) is 15.0. The van der Waals surface area contributed by atoms with Gasteiger partial charge in [-0.15, -0.1) is 0 Å². The summed E-state index contributed by atoms with van der Waals surface area (Å²) >= 11 is 6.27. The van der Waals surface area contributed by atoms with Crippen molar-refractivity contribution in [3.8, 4) is 22.6 Å². The molecule has 0 aliphatic rings. The second-order valence-electron chi connectivity index (χ2n) is 6.82. The number of fused-ring (bicyclic) bond motifs is 1. The van der Waals surface area contributed by atoms with E-state index in [9.17, 15) is 9.59 Å². The number of carbonyl (C=O) groups is 2. The van der Waals surface area contributed by atoms with Crippen LogP contribution in [0.2, 0.25) is 5.02 Å². The molecular weight excluding hydrogens is 418 g/mol. The fourth-order valence-electron chi connectivity index (χ4n) is 3.50. The second-order valence-corrected chi connectivity index (χ2v) is 7.26. The Morgan fingerprint density at radius 1 is 1.19 bits per heavy atom. The molecule has 31 heavy (non-hydrogen) atoms. The third-order valence-corrected chi connectivity index (χ3v) is 5.19. The number of amides is 1. The molecular formula is C23H20ClN3O4. The predicted molar refractivity (Wildman–Crippen MR) is 117 cm³/mol. The first-order valence-electron chi connectivity index (χ1n) is 9.73. The van der Waals surface area contributed by atoms with E-state index in [0.29, 0.717) is 22.0 Å². The van der Waals surface area contributed by atoms with Gasteiger partial charge in [0.2, 0.25) is 0 Å². The molecule has 8 heteroatoms. The van der Waals surface area contributed by atoms with E-state index in [1.807, 2.05) is 35.7 Å². The maximum Gasteiger partial charge on any atom is 0.325 e. The number of nitrogens with one attached hydrogen (secondary N) is 1. The van der Waals surface area contributed by atoms with Crippen LogP contribution < -0.4 is 5.32 Å². The van der Waals surface area contributed by atoms with Crippen molar-refractivity contribution in [1.29, 1.82) is 0 Å². The number of hydrogen-bond acceptors (Lipinski definition) is 5. The summed E-state index contributed by atoms with van der Waals surface area (Å²) in [6, 6.07) is 14.6. The molecule has 0 bridgehead atoms. The fourth-order valence-corrected chi connectivity index (χ4v) is 3.69. The zero-order valence-corrected chi connectivity index (χ0v) is 17.8. The molecule has 0 aliphatic carbocycles. The highest BCUT2D eigenvalue weighted by molar-refractivity contribution is 6.31. The van der Waals surface area contributed by atoms with E-state index in [4.69, 9.17) is 21.1 Å².